The highest BCUT2D eigenvalue weighted by molar-refractivity contribution is 4.92. The molecule has 0 unspecified atom stereocenters. The Kier molecular flexibility index (Phi) is 11.5. The van der Waals surface area contributed by atoms with Gasteiger partial charge < -0.3 is 10.2 Å². The molecule has 0 aromatic rings. The minimum Gasteiger partial charge on any atom is -0.390 e. The Bertz CT molecular complexity index is 201. The maximum Gasteiger partial charge on any atom is 0.0835 e. The van der Waals surface area contributed by atoms with Gasteiger partial charge in [-0.05, 0) is 19.8 Å². The predicted molar refractivity (Wildman–Crippen MR) is 78.7 cm³/mol. The molecule has 0 aromatic heterocycles. The summed E-state index contributed by atoms with van der Waals surface area (Å²) in [7, 11) is 0. The van der Waals surface area contributed by atoms with Crippen molar-refractivity contribution in [2.45, 2.75) is 90.3 Å². The number of rotatable bonds is 12. The van der Waals surface area contributed by atoms with Gasteiger partial charge in [-0.25, -0.2) is 0 Å². The molecule has 0 aliphatic carbocycles. The molecule has 0 fully saturated rings. The summed E-state index contributed by atoms with van der Waals surface area (Å²) in [5.41, 5.74) is 0.928. The van der Waals surface area contributed by atoms with Crippen LogP contribution in [-0.4, -0.2) is 22.4 Å². The van der Waals surface area contributed by atoms with Crippen molar-refractivity contribution in [1.82, 2.24) is 0 Å². The van der Waals surface area contributed by atoms with Crippen LogP contribution < -0.4 is 0 Å². The maximum atomic E-state index is 9.75. The summed E-state index contributed by atoms with van der Waals surface area (Å²) < 4.78 is 0. The van der Waals surface area contributed by atoms with E-state index in [9.17, 15) is 10.2 Å². The smallest absolute Gasteiger partial charge is 0.0835 e. The van der Waals surface area contributed by atoms with Crippen molar-refractivity contribution in [3.63, 3.8) is 0 Å². The van der Waals surface area contributed by atoms with Crippen LogP contribution in [0.1, 0.15) is 78.1 Å². The molecule has 18 heavy (non-hydrogen) atoms. The minimum absolute atomic E-state index is 0.512. The molecule has 2 atom stereocenters. The van der Waals surface area contributed by atoms with Crippen molar-refractivity contribution in [3.8, 4) is 0 Å². The molecule has 0 aliphatic heterocycles. The molecule has 0 bridgehead atoms. The molecular weight excluding hydrogens is 224 g/mol. The normalized spacial score (nSPS) is 14.4. The Labute approximate surface area is 113 Å². The third kappa shape index (κ3) is 10.8. The van der Waals surface area contributed by atoms with Crippen molar-refractivity contribution >= 4 is 0 Å². The second kappa shape index (κ2) is 11.7. The second-order valence-electron chi connectivity index (χ2n) is 5.56. The van der Waals surface area contributed by atoms with Crippen LogP contribution in [-0.2, 0) is 0 Å². The highest BCUT2D eigenvalue weighted by atomic mass is 16.3. The lowest BCUT2D eigenvalue weighted by atomic mass is 10.00. The molecule has 0 rings (SSSR count). The van der Waals surface area contributed by atoms with Crippen molar-refractivity contribution in [2.75, 3.05) is 0 Å². The lowest BCUT2D eigenvalue weighted by Crippen LogP contribution is -2.25. The van der Waals surface area contributed by atoms with Crippen LogP contribution in [0.5, 0.6) is 0 Å². The Balaban J connectivity index is 3.34. The molecule has 0 aliphatic rings. The van der Waals surface area contributed by atoms with E-state index in [4.69, 9.17) is 0 Å². The van der Waals surface area contributed by atoms with Crippen LogP contribution in [0.2, 0.25) is 0 Å². The van der Waals surface area contributed by atoms with Gasteiger partial charge in [0.05, 0.1) is 12.2 Å². The second-order valence-corrected chi connectivity index (χ2v) is 5.56. The molecule has 0 amide bonds. The summed E-state index contributed by atoms with van der Waals surface area (Å²) in [6, 6.07) is 0. The fourth-order valence-electron chi connectivity index (χ4n) is 2.17. The maximum absolute atomic E-state index is 9.75. The topological polar surface area (TPSA) is 40.5 Å². The zero-order valence-corrected chi connectivity index (χ0v) is 12.3. The lowest BCUT2D eigenvalue weighted by molar-refractivity contribution is 0.0138. The van der Waals surface area contributed by atoms with Crippen LogP contribution in [0.15, 0.2) is 12.2 Å². The summed E-state index contributed by atoms with van der Waals surface area (Å²) in [4.78, 5) is 0. The van der Waals surface area contributed by atoms with E-state index in [-0.39, 0.29) is 0 Å². The molecule has 0 aromatic carbocycles. The van der Waals surface area contributed by atoms with E-state index in [1.807, 2.05) is 6.92 Å². The zero-order chi connectivity index (χ0) is 13.8. The summed E-state index contributed by atoms with van der Waals surface area (Å²) >= 11 is 0. The van der Waals surface area contributed by atoms with Gasteiger partial charge in [-0.15, -0.1) is 6.58 Å². The van der Waals surface area contributed by atoms with Crippen LogP contribution >= 0.6 is 0 Å². The first-order valence-corrected chi connectivity index (χ1v) is 7.58. The lowest BCUT2D eigenvalue weighted by Gasteiger charge is -2.17. The van der Waals surface area contributed by atoms with Crippen molar-refractivity contribution in [3.05, 3.63) is 12.2 Å². The first-order valence-electron chi connectivity index (χ1n) is 7.58. The van der Waals surface area contributed by atoms with Gasteiger partial charge in [0.2, 0.25) is 0 Å². The Morgan fingerprint density at radius 1 is 0.889 bits per heavy atom. The van der Waals surface area contributed by atoms with E-state index < -0.39 is 12.2 Å². The minimum atomic E-state index is -0.632. The van der Waals surface area contributed by atoms with E-state index in [2.05, 4.69) is 13.5 Å². The van der Waals surface area contributed by atoms with Gasteiger partial charge in [0.15, 0.2) is 0 Å². The summed E-state index contributed by atoms with van der Waals surface area (Å²) in [6.45, 7) is 7.87. The summed E-state index contributed by atoms with van der Waals surface area (Å²) in [6.07, 6.45) is 10.1. The molecule has 0 radical (unpaired) electrons. The van der Waals surface area contributed by atoms with E-state index >= 15 is 0 Å². The molecule has 2 nitrogen and oxygen atoms in total. The Hall–Kier alpha value is -0.340. The average molecular weight is 256 g/mol. The van der Waals surface area contributed by atoms with Crippen LogP contribution in [0.25, 0.3) is 0 Å². The molecule has 0 saturated carbocycles. The zero-order valence-electron chi connectivity index (χ0n) is 12.3. The number of aliphatic hydroxyl groups is 2. The van der Waals surface area contributed by atoms with Crippen molar-refractivity contribution < 1.29 is 10.2 Å². The van der Waals surface area contributed by atoms with E-state index in [0.717, 1.165) is 12.0 Å². The molecule has 2 heteroatoms. The van der Waals surface area contributed by atoms with Crippen molar-refractivity contribution in [1.29, 1.82) is 0 Å². The fourth-order valence-corrected chi connectivity index (χ4v) is 2.17. The van der Waals surface area contributed by atoms with Gasteiger partial charge >= 0.3 is 0 Å². The van der Waals surface area contributed by atoms with E-state index in [1.165, 1.54) is 44.9 Å². The Morgan fingerprint density at radius 2 is 1.39 bits per heavy atom. The first-order chi connectivity index (χ1) is 8.57. The van der Waals surface area contributed by atoms with E-state index in [0.29, 0.717) is 12.8 Å². The van der Waals surface area contributed by atoms with Gasteiger partial charge in [-0.2, -0.15) is 0 Å². The predicted octanol–water partition coefficient (Wildman–Crippen LogP) is 4.21. The van der Waals surface area contributed by atoms with Crippen molar-refractivity contribution in [2.24, 2.45) is 0 Å². The molecule has 0 saturated heterocycles. The average Bonchev–Trinajstić information content (AvgIpc) is 2.31. The first kappa shape index (κ1) is 17.7. The standard InChI is InChI=1S/C16H32O2/c1-4-5-6-7-8-9-10-11-12-15(17)16(18)13-14(2)3/h15-18H,2,4-13H2,1,3H3/t15-,16-/m1/s1. The molecule has 0 spiro atoms. The molecular formula is C16H32O2. The fraction of sp³-hybridized carbons (Fsp3) is 0.875. The third-order valence-corrected chi connectivity index (χ3v) is 3.36. The van der Waals surface area contributed by atoms with Crippen LogP contribution in [0.3, 0.4) is 0 Å². The third-order valence-electron chi connectivity index (χ3n) is 3.36. The SMILES string of the molecule is C=C(C)C[C@@H](O)[C@H](O)CCCCCCCCCC. The summed E-state index contributed by atoms with van der Waals surface area (Å²) in [5.74, 6) is 0. The highest BCUT2D eigenvalue weighted by Crippen LogP contribution is 2.14. The van der Waals surface area contributed by atoms with Gasteiger partial charge in [0.25, 0.3) is 0 Å². The highest BCUT2D eigenvalue weighted by Gasteiger charge is 2.15. The number of hydrogen-bond acceptors (Lipinski definition) is 2. The van der Waals surface area contributed by atoms with Crippen LogP contribution in [0, 0.1) is 0 Å². The van der Waals surface area contributed by atoms with Crippen LogP contribution in [0.4, 0.5) is 0 Å². The number of aliphatic hydroxyl groups excluding tert-OH is 2. The van der Waals surface area contributed by atoms with Gasteiger partial charge in [0.1, 0.15) is 0 Å². The van der Waals surface area contributed by atoms with Gasteiger partial charge in [-0.3, -0.25) is 0 Å². The number of unbranched alkanes of at least 4 members (excludes halogenated alkanes) is 7. The number of hydrogen-bond donors (Lipinski definition) is 2. The van der Waals surface area contributed by atoms with Gasteiger partial charge in [0, 0.05) is 0 Å². The monoisotopic (exact) mass is 256 g/mol. The largest absolute Gasteiger partial charge is 0.390 e. The summed E-state index contributed by atoms with van der Waals surface area (Å²) in [5, 5.41) is 19.4. The Morgan fingerprint density at radius 3 is 1.89 bits per heavy atom. The quantitative estimate of drug-likeness (QED) is 0.406. The van der Waals surface area contributed by atoms with E-state index in [1.54, 1.807) is 0 Å². The molecule has 2 N–H and O–H groups in total. The molecule has 108 valence electrons. The van der Waals surface area contributed by atoms with Gasteiger partial charge in [-0.1, -0.05) is 63.9 Å². The molecule has 0 heterocycles.